The van der Waals surface area contributed by atoms with Gasteiger partial charge in [0.1, 0.15) is 16.7 Å². The maximum atomic E-state index is 5.91. The van der Waals surface area contributed by atoms with Crippen LogP contribution in [0.5, 0.6) is 11.6 Å². The Labute approximate surface area is 125 Å². The minimum Gasteiger partial charge on any atom is -0.439 e. The molecule has 0 amide bonds. The minimum atomic E-state index is 0.123. The van der Waals surface area contributed by atoms with E-state index >= 15 is 0 Å². The monoisotopic (exact) mass is 290 g/mol. The maximum Gasteiger partial charge on any atom is 0.224 e. The summed E-state index contributed by atoms with van der Waals surface area (Å²) in [6, 6.07) is 7.82. The van der Waals surface area contributed by atoms with Crippen molar-refractivity contribution in [3.63, 3.8) is 0 Å². The molecule has 106 valence electrons. The molecule has 0 spiro atoms. The molecule has 20 heavy (non-hydrogen) atoms. The van der Waals surface area contributed by atoms with Gasteiger partial charge >= 0.3 is 0 Å². The van der Waals surface area contributed by atoms with Gasteiger partial charge in [-0.2, -0.15) is 4.98 Å². The molecule has 0 N–H and O–H groups in total. The van der Waals surface area contributed by atoms with E-state index in [0.29, 0.717) is 16.9 Å². The summed E-state index contributed by atoms with van der Waals surface area (Å²) in [5, 5.41) is 0.386. The maximum absolute atomic E-state index is 5.91. The van der Waals surface area contributed by atoms with E-state index in [1.165, 1.54) is 5.56 Å². The molecule has 2 aromatic rings. The van der Waals surface area contributed by atoms with E-state index in [9.17, 15) is 0 Å². The molecule has 0 atom stereocenters. The lowest BCUT2D eigenvalue weighted by molar-refractivity contribution is 0.455. The second-order valence-corrected chi connectivity index (χ2v) is 6.30. The SMILES string of the molecule is Cc1nc(Cl)cc(Oc2ccc(C(C)(C)C)cc2C)n1. The molecule has 1 aromatic carbocycles. The van der Waals surface area contributed by atoms with Crippen LogP contribution in [0.2, 0.25) is 5.15 Å². The molecule has 0 bridgehead atoms. The van der Waals surface area contributed by atoms with Gasteiger partial charge in [-0.15, -0.1) is 0 Å². The third kappa shape index (κ3) is 3.48. The van der Waals surface area contributed by atoms with Crippen LogP contribution in [0, 0.1) is 13.8 Å². The standard InChI is InChI=1S/C16H19ClN2O/c1-10-8-12(16(3,4)5)6-7-13(10)20-15-9-14(17)18-11(2)19-15/h6-9H,1-5H3. The molecule has 2 rings (SSSR count). The molecule has 0 fully saturated rings. The van der Waals surface area contributed by atoms with Gasteiger partial charge in [0, 0.05) is 6.07 Å². The minimum absolute atomic E-state index is 0.123. The number of aromatic nitrogens is 2. The molecule has 3 nitrogen and oxygen atoms in total. The van der Waals surface area contributed by atoms with Crippen molar-refractivity contribution in [3.05, 3.63) is 46.4 Å². The Hall–Kier alpha value is -1.61. The number of hydrogen-bond acceptors (Lipinski definition) is 3. The average molecular weight is 291 g/mol. The van der Waals surface area contributed by atoms with Crippen LogP contribution in [0.3, 0.4) is 0 Å². The normalized spacial score (nSPS) is 11.5. The van der Waals surface area contributed by atoms with Crippen molar-refractivity contribution in [1.82, 2.24) is 9.97 Å². The predicted molar refractivity (Wildman–Crippen MR) is 81.7 cm³/mol. The summed E-state index contributed by atoms with van der Waals surface area (Å²) in [6.45, 7) is 10.4. The Bertz CT molecular complexity index is 613. The molecule has 0 aliphatic heterocycles. The fraction of sp³-hybridized carbons (Fsp3) is 0.375. The Morgan fingerprint density at radius 3 is 2.30 bits per heavy atom. The fourth-order valence-corrected chi connectivity index (χ4v) is 2.12. The smallest absolute Gasteiger partial charge is 0.224 e. The highest BCUT2D eigenvalue weighted by Crippen LogP contribution is 2.30. The van der Waals surface area contributed by atoms with E-state index in [0.717, 1.165) is 11.3 Å². The van der Waals surface area contributed by atoms with Crippen molar-refractivity contribution in [2.75, 3.05) is 0 Å². The zero-order valence-corrected chi connectivity index (χ0v) is 13.2. The van der Waals surface area contributed by atoms with Gasteiger partial charge < -0.3 is 4.74 Å². The first-order valence-corrected chi connectivity index (χ1v) is 6.94. The Balaban J connectivity index is 2.30. The van der Waals surface area contributed by atoms with E-state index in [1.807, 2.05) is 13.0 Å². The Morgan fingerprint density at radius 1 is 1.05 bits per heavy atom. The van der Waals surface area contributed by atoms with Crippen LogP contribution in [-0.4, -0.2) is 9.97 Å². The first-order valence-electron chi connectivity index (χ1n) is 6.56. The quantitative estimate of drug-likeness (QED) is 0.743. The highest BCUT2D eigenvalue weighted by atomic mass is 35.5. The van der Waals surface area contributed by atoms with Crippen molar-refractivity contribution < 1.29 is 4.74 Å². The van der Waals surface area contributed by atoms with Crippen LogP contribution in [0.4, 0.5) is 0 Å². The van der Waals surface area contributed by atoms with Gasteiger partial charge in [0.05, 0.1) is 0 Å². The summed E-state index contributed by atoms with van der Waals surface area (Å²) in [5.74, 6) is 1.85. The lowest BCUT2D eigenvalue weighted by Crippen LogP contribution is -2.11. The third-order valence-corrected chi connectivity index (χ3v) is 3.23. The van der Waals surface area contributed by atoms with Crippen molar-refractivity contribution in [2.45, 2.75) is 40.0 Å². The van der Waals surface area contributed by atoms with Gasteiger partial charge in [-0.25, -0.2) is 4.98 Å². The molecule has 0 radical (unpaired) electrons. The first kappa shape index (κ1) is 14.8. The molecule has 0 aliphatic carbocycles. The topological polar surface area (TPSA) is 35.0 Å². The van der Waals surface area contributed by atoms with Gasteiger partial charge in [0.2, 0.25) is 5.88 Å². The molecule has 1 heterocycles. The number of rotatable bonds is 2. The van der Waals surface area contributed by atoms with E-state index < -0.39 is 0 Å². The molecule has 4 heteroatoms. The molecule has 0 unspecified atom stereocenters. The molecule has 0 saturated heterocycles. The van der Waals surface area contributed by atoms with Crippen molar-refractivity contribution in [2.24, 2.45) is 0 Å². The summed E-state index contributed by atoms with van der Waals surface area (Å²) in [5.41, 5.74) is 2.47. The van der Waals surface area contributed by atoms with E-state index in [-0.39, 0.29) is 5.41 Å². The molecule has 0 aliphatic rings. The van der Waals surface area contributed by atoms with Crippen molar-refractivity contribution in [1.29, 1.82) is 0 Å². The predicted octanol–water partition coefficient (Wildman–Crippen LogP) is 4.84. The second-order valence-electron chi connectivity index (χ2n) is 5.91. The van der Waals surface area contributed by atoms with E-state index in [4.69, 9.17) is 16.3 Å². The lowest BCUT2D eigenvalue weighted by Gasteiger charge is -2.20. The summed E-state index contributed by atoms with van der Waals surface area (Å²) in [4.78, 5) is 8.24. The molecule has 1 aromatic heterocycles. The van der Waals surface area contributed by atoms with E-state index in [2.05, 4.69) is 42.9 Å². The number of halogens is 1. The number of aryl methyl sites for hydroxylation is 2. The van der Waals surface area contributed by atoms with Gasteiger partial charge in [-0.1, -0.05) is 44.5 Å². The van der Waals surface area contributed by atoms with Crippen molar-refractivity contribution >= 4 is 11.6 Å². The van der Waals surface area contributed by atoms with Crippen LogP contribution >= 0.6 is 11.6 Å². The number of hydrogen-bond donors (Lipinski definition) is 0. The van der Waals surface area contributed by atoms with Gasteiger partial charge in [0.15, 0.2) is 0 Å². The molecular formula is C16H19ClN2O. The zero-order valence-electron chi connectivity index (χ0n) is 12.5. The van der Waals surface area contributed by atoms with Crippen LogP contribution in [0.1, 0.15) is 37.7 Å². The summed E-state index contributed by atoms with van der Waals surface area (Å²) in [6.07, 6.45) is 0. The first-order chi connectivity index (χ1) is 9.25. The molecule has 0 saturated carbocycles. The highest BCUT2D eigenvalue weighted by molar-refractivity contribution is 6.29. The van der Waals surface area contributed by atoms with Gasteiger partial charge in [-0.05, 0) is 36.5 Å². The van der Waals surface area contributed by atoms with E-state index in [1.54, 1.807) is 13.0 Å². The van der Waals surface area contributed by atoms with Crippen LogP contribution in [0.25, 0.3) is 0 Å². The molecular weight excluding hydrogens is 272 g/mol. The lowest BCUT2D eigenvalue weighted by atomic mass is 9.86. The van der Waals surface area contributed by atoms with Crippen molar-refractivity contribution in [3.8, 4) is 11.6 Å². The van der Waals surface area contributed by atoms with Crippen LogP contribution < -0.4 is 4.74 Å². The third-order valence-electron chi connectivity index (χ3n) is 3.04. The Morgan fingerprint density at radius 2 is 1.75 bits per heavy atom. The summed E-state index contributed by atoms with van der Waals surface area (Å²) >= 11 is 5.91. The van der Waals surface area contributed by atoms with Gasteiger partial charge in [0.25, 0.3) is 0 Å². The average Bonchev–Trinajstić information content (AvgIpc) is 2.29. The van der Waals surface area contributed by atoms with Crippen LogP contribution in [0.15, 0.2) is 24.3 Å². The summed E-state index contributed by atoms with van der Waals surface area (Å²) in [7, 11) is 0. The van der Waals surface area contributed by atoms with Crippen LogP contribution in [-0.2, 0) is 5.41 Å². The summed E-state index contributed by atoms with van der Waals surface area (Å²) < 4.78 is 5.80. The number of benzene rings is 1. The highest BCUT2D eigenvalue weighted by Gasteiger charge is 2.15. The largest absolute Gasteiger partial charge is 0.439 e. The number of nitrogens with zero attached hydrogens (tertiary/aromatic N) is 2. The zero-order chi connectivity index (χ0) is 14.9. The second kappa shape index (κ2) is 5.41. The fourth-order valence-electron chi connectivity index (χ4n) is 1.90. The number of ether oxygens (including phenoxy) is 1. The Kier molecular flexibility index (Phi) is 4.00. The van der Waals surface area contributed by atoms with Gasteiger partial charge in [-0.3, -0.25) is 0 Å².